The third kappa shape index (κ3) is 3.91. The van der Waals surface area contributed by atoms with E-state index in [0.717, 1.165) is 30.6 Å². The lowest BCUT2D eigenvalue weighted by Gasteiger charge is -2.07. The summed E-state index contributed by atoms with van der Waals surface area (Å²) in [7, 11) is -4.29. The molecular formula is C17H20N2O4S2. The van der Waals surface area contributed by atoms with Crippen LogP contribution in [0.25, 0.3) is 10.4 Å². The van der Waals surface area contributed by atoms with Crippen LogP contribution in [0.3, 0.4) is 0 Å². The topological polar surface area (TPSA) is 96.4 Å². The predicted octanol–water partition coefficient (Wildman–Crippen LogP) is 3.80. The van der Waals surface area contributed by atoms with Crippen molar-refractivity contribution in [3.8, 4) is 10.4 Å². The number of thiazole rings is 1. The van der Waals surface area contributed by atoms with E-state index in [9.17, 15) is 17.8 Å². The van der Waals surface area contributed by atoms with Crippen molar-refractivity contribution in [3.63, 3.8) is 0 Å². The zero-order valence-corrected chi connectivity index (χ0v) is 15.7. The molecule has 2 aromatic rings. The molecular weight excluding hydrogens is 360 g/mol. The number of benzene rings is 1. The molecule has 1 aromatic carbocycles. The maximum atomic E-state index is 12.2. The Labute approximate surface area is 151 Å². The zero-order chi connectivity index (χ0) is 18.2. The normalized spacial score (nSPS) is 15.5. The first kappa shape index (κ1) is 18.0. The number of nitrogens with one attached hydrogen (secondary N) is 1. The minimum absolute atomic E-state index is 0.000307. The van der Waals surface area contributed by atoms with Gasteiger partial charge in [0.25, 0.3) is 10.1 Å². The highest BCUT2D eigenvalue weighted by Crippen LogP contribution is 2.35. The summed E-state index contributed by atoms with van der Waals surface area (Å²) in [6.45, 7) is 3.43. The number of carbonyl (C=O) groups excluding carboxylic acids is 1. The average Bonchev–Trinajstić information content (AvgIpc) is 3.16. The molecule has 1 aliphatic rings. The molecule has 1 amide bonds. The van der Waals surface area contributed by atoms with Crippen LogP contribution in [0.4, 0.5) is 5.13 Å². The van der Waals surface area contributed by atoms with Crippen molar-refractivity contribution in [1.82, 2.24) is 4.98 Å². The fraction of sp³-hybridized carbons (Fsp3) is 0.412. The Kier molecular flexibility index (Phi) is 4.95. The van der Waals surface area contributed by atoms with Crippen LogP contribution in [-0.4, -0.2) is 23.9 Å². The lowest BCUT2D eigenvalue weighted by atomic mass is 10.1. The summed E-state index contributed by atoms with van der Waals surface area (Å²) in [5.74, 6) is 0.0542. The molecule has 1 aliphatic carbocycles. The van der Waals surface area contributed by atoms with Gasteiger partial charge in [0.15, 0.2) is 5.13 Å². The number of carbonyl (C=O) groups is 1. The highest BCUT2D eigenvalue weighted by molar-refractivity contribution is 7.85. The molecule has 8 heteroatoms. The summed E-state index contributed by atoms with van der Waals surface area (Å²) in [5.41, 5.74) is 1.83. The van der Waals surface area contributed by atoms with Crippen LogP contribution in [0.1, 0.15) is 36.9 Å². The molecule has 1 fully saturated rings. The van der Waals surface area contributed by atoms with Crippen molar-refractivity contribution in [2.75, 3.05) is 5.32 Å². The first-order valence-corrected chi connectivity index (χ1v) is 10.4. The smallest absolute Gasteiger partial charge is 0.294 e. The summed E-state index contributed by atoms with van der Waals surface area (Å²) in [6.07, 6.45) is 4.00. The molecule has 1 saturated carbocycles. The molecule has 0 unspecified atom stereocenters. The second kappa shape index (κ2) is 6.86. The second-order valence-electron chi connectivity index (χ2n) is 6.36. The predicted molar refractivity (Wildman–Crippen MR) is 97.4 cm³/mol. The Morgan fingerprint density at radius 3 is 2.60 bits per heavy atom. The lowest BCUT2D eigenvalue weighted by Crippen LogP contribution is -2.20. The van der Waals surface area contributed by atoms with E-state index in [0.29, 0.717) is 22.0 Å². The summed E-state index contributed by atoms with van der Waals surface area (Å²) < 4.78 is 32.4. The number of nitrogens with zero attached hydrogens (tertiary/aromatic N) is 1. The van der Waals surface area contributed by atoms with E-state index < -0.39 is 10.1 Å². The third-order valence-corrected chi connectivity index (χ3v) is 6.60. The summed E-state index contributed by atoms with van der Waals surface area (Å²) >= 11 is 1.31. The Balaban J connectivity index is 1.89. The van der Waals surface area contributed by atoms with Crippen molar-refractivity contribution in [2.45, 2.75) is 44.4 Å². The van der Waals surface area contributed by atoms with Crippen LogP contribution in [0.5, 0.6) is 0 Å². The van der Waals surface area contributed by atoms with Gasteiger partial charge in [0.05, 0.1) is 15.5 Å². The van der Waals surface area contributed by atoms with E-state index in [2.05, 4.69) is 10.3 Å². The van der Waals surface area contributed by atoms with Gasteiger partial charge >= 0.3 is 0 Å². The largest absolute Gasteiger partial charge is 0.302 e. The minimum Gasteiger partial charge on any atom is -0.302 e. The second-order valence-corrected chi connectivity index (χ2v) is 8.75. The lowest BCUT2D eigenvalue weighted by molar-refractivity contribution is -0.119. The molecule has 0 aliphatic heterocycles. The van der Waals surface area contributed by atoms with Crippen LogP contribution in [0.2, 0.25) is 0 Å². The maximum Gasteiger partial charge on any atom is 0.294 e. The van der Waals surface area contributed by atoms with Crippen LogP contribution in [0, 0.1) is 19.8 Å². The number of anilines is 1. The maximum absolute atomic E-state index is 12.2. The molecule has 6 nitrogen and oxygen atoms in total. The van der Waals surface area contributed by atoms with Gasteiger partial charge in [-0.05, 0) is 43.9 Å². The van der Waals surface area contributed by atoms with E-state index in [1.807, 2.05) is 6.92 Å². The summed E-state index contributed by atoms with van der Waals surface area (Å²) in [6, 6.07) is 4.87. The number of aryl methyl sites for hydroxylation is 2. The SMILES string of the molecule is Cc1ccc(-c2sc(NC(=O)C3CCCC3)nc2C)cc1S(=O)(=O)O. The number of rotatable bonds is 4. The van der Waals surface area contributed by atoms with Crippen molar-refractivity contribution >= 4 is 32.5 Å². The van der Waals surface area contributed by atoms with Crippen molar-refractivity contribution in [2.24, 2.45) is 5.92 Å². The highest BCUT2D eigenvalue weighted by Gasteiger charge is 2.24. The summed E-state index contributed by atoms with van der Waals surface area (Å²) in [5, 5.41) is 3.38. The van der Waals surface area contributed by atoms with E-state index in [-0.39, 0.29) is 16.7 Å². The van der Waals surface area contributed by atoms with E-state index in [1.54, 1.807) is 19.1 Å². The molecule has 134 valence electrons. The van der Waals surface area contributed by atoms with E-state index in [1.165, 1.54) is 17.4 Å². The Hall–Kier alpha value is -1.77. The fourth-order valence-electron chi connectivity index (χ4n) is 3.13. The van der Waals surface area contributed by atoms with Gasteiger partial charge in [-0.25, -0.2) is 4.98 Å². The summed E-state index contributed by atoms with van der Waals surface area (Å²) in [4.78, 5) is 17.3. The van der Waals surface area contributed by atoms with Crippen LogP contribution < -0.4 is 5.32 Å². The molecule has 0 radical (unpaired) electrons. The van der Waals surface area contributed by atoms with E-state index in [4.69, 9.17) is 0 Å². The number of aromatic nitrogens is 1. The van der Waals surface area contributed by atoms with Crippen LogP contribution in [-0.2, 0) is 14.9 Å². The highest BCUT2D eigenvalue weighted by atomic mass is 32.2. The molecule has 3 rings (SSSR count). The van der Waals surface area contributed by atoms with Gasteiger partial charge in [-0.15, -0.1) is 0 Å². The number of hydrogen-bond acceptors (Lipinski definition) is 5. The monoisotopic (exact) mass is 380 g/mol. The standard InChI is InChI=1S/C17H20N2O4S2/c1-10-7-8-13(9-14(10)25(21,22)23)15-11(2)18-17(24-15)19-16(20)12-5-3-4-6-12/h7-9,12H,3-6H2,1-2H3,(H,18,19,20)(H,21,22,23). The van der Waals surface area contributed by atoms with Gasteiger partial charge in [0.1, 0.15) is 0 Å². The average molecular weight is 380 g/mol. The fourth-order valence-corrected chi connectivity index (χ4v) is 4.85. The molecule has 25 heavy (non-hydrogen) atoms. The quantitative estimate of drug-likeness (QED) is 0.787. The Bertz CT molecular complexity index is 913. The Morgan fingerprint density at radius 1 is 1.28 bits per heavy atom. The molecule has 2 N–H and O–H groups in total. The van der Waals surface area contributed by atoms with Crippen LogP contribution in [0.15, 0.2) is 23.1 Å². The van der Waals surface area contributed by atoms with Crippen molar-refractivity contribution in [1.29, 1.82) is 0 Å². The van der Waals surface area contributed by atoms with Gasteiger partial charge in [-0.2, -0.15) is 8.42 Å². The van der Waals surface area contributed by atoms with Gasteiger partial charge < -0.3 is 5.32 Å². The number of hydrogen-bond donors (Lipinski definition) is 2. The molecule has 0 spiro atoms. The van der Waals surface area contributed by atoms with Crippen molar-refractivity contribution < 1.29 is 17.8 Å². The molecule has 1 heterocycles. The third-order valence-electron chi connectivity index (χ3n) is 4.48. The van der Waals surface area contributed by atoms with Crippen molar-refractivity contribution in [3.05, 3.63) is 29.5 Å². The molecule has 0 bridgehead atoms. The molecule has 0 atom stereocenters. The molecule has 1 aromatic heterocycles. The molecule has 0 saturated heterocycles. The van der Waals surface area contributed by atoms with Crippen LogP contribution >= 0.6 is 11.3 Å². The van der Waals surface area contributed by atoms with E-state index >= 15 is 0 Å². The first-order valence-electron chi connectivity index (χ1n) is 8.12. The van der Waals surface area contributed by atoms with Gasteiger partial charge in [0.2, 0.25) is 5.91 Å². The Morgan fingerprint density at radius 2 is 1.96 bits per heavy atom. The first-order chi connectivity index (χ1) is 11.8. The van der Waals surface area contributed by atoms with Gasteiger partial charge in [-0.1, -0.05) is 36.3 Å². The number of amides is 1. The van der Waals surface area contributed by atoms with Gasteiger partial charge in [0, 0.05) is 5.92 Å². The minimum atomic E-state index is -4.29. The zero-order valence-electron chi connectivity index (χ0n) is 14.1. The van der Waals surface area contributed by atoms with Gasteiger partial charge in [-0.3, -0.25) is 9.35 Å².